The number of rotatable bonds is 3. The molecule has 29 heavy (non-hydrogen) atoms. The van der Waals surface area contributed by atoms with E-state index < -0.39 is 0 Å². The van der Waals surface area contributed by atoms with E-state index in [4.69, 9.17) is 4.74 Å². The molecule has 0 saturated carbocycles. The Morgan fingerprint density at radius 2 is 1.31 bits per heavy atom. The van der Waals surface area contributed by atoms with Gasteiger partial charge >= 0.3 is 0 Å². The van der Waals surface area contributed by atoms with E-state index in [1.165, 1.54) is 44.7 Å². The molecule has 2 N–H and O–H groups in total. The molecule has 160 valence electrons. The van der Waals surface area contributed by atoms with Crippen molar-refractivity contribution in [2.75, 3.05) is 33.3 Å². The first-order valence-electron chi connectivity index (χ1n) is 11.1. The SMILES string of the molecule is CC.COc1c(F)cccc1C1CCNCC1.c1ccc(C2CCNCC2)cc1. The number of nitrogens with one attached hydrogen (secondary N) is 2. The van der Waals surface area contributed by atoms with E-state index in [0.717, 1.165) is 37.4 Å². The molecule has 0 amide bonds. The van der Waals surface area contributed by atoms with Crippen molar-refractivity contribution in [1.82, 2.24) is 10.6 Å². The van der Waals surface area contributed by atoms with E-state index in [0.29, 0.717) is 11.7 Å². The Balaban J connectivity index is 0.000000194. The Labute approximate surface area is 176 Å². The largest absolute Gasteiger partial charge is 0.493 e. The Morgan fingerprint density at radius 1 is 0.759 bits per heavy atom. The van der Waals surface area contributed by atoms with Gasteiger partial charge in [-0.1, -0.05) is 56.3 Å². The fourth-order valence-corrected chi connectivity index (χ4v) is 4.08. The molecule has 2 aliphatic heterocycles. The van der Waals surface area contributed by atoms with Crippen LogP contribution in [-0.4, -0.2) is 33.3 Å². The van der Waals surface area contributed by atoms with E-state index in [1.54, 1.807) is 6.07 Å². The summed E-state index contributed by atoms with van der Waals surface area (Å²) in [6.07, 6.45) is 4.70. The quantitative estimate of drug-likeness (QED) is 0.716. The average Bonchev–Trinajstić information content (AvgIpc) is 2.82. The molecular formula is C25H37FN2O. The number of hydrogen-bond donors (Lipinski definition) is 2. The van der Waals surface area contributed by atoms with Gasteiger partial charge in [-0.15, -0.1) is 0 Å². The van der Waals surface area contributed by atoms with Gasteiger partial charge in [0.15, 0.2) is 11.6 Å². The van der Waals surface area contributed by atoms with Crippen LogP contribution >= 0.6 is 0 Å². The molecule has 4 heteroatoms. The molecular weight excluding hydrogens is 363 g/mol. The van der Waals surface area contributed by atoms with Crippen LogP contribution in [0.1, 0.15) is 62.5 Å². The van der Waals surface area contributed by atoms with Gasteiger partial charge in [-0.3, -0.25) is 0 Å². The molecule has 2 aliphatic rings. The summed E-state index contributed by atoms with van der Waals surface area (Å²) in [7, 11) is 1.53. The molecule has 0 bridgehead atoms. The number of ether oxygens (including phenoxy) is 1. The zero-order chi connectivity index (χ0) is 20.9. The maximum atomic E-state index is 13.5. The van der Waals surface area contributed by atoms with E-state index in [1.807, 2.05) is 19.9 Å². The Morgan fingerprint density at radius 3 is 1.86 bits per heavy atom. The van der Waals surface area contributed by atoms with Crippen LogP contribution in [0.15, 0.2) is 48.5 Å². The van der Waals surface area contributed by atoms with E-state index in [9.17, 15) is 4.39 Å². The van der Waals surface area contributed by atoms with Crippen LogP contribution in [-0.2, 0) is 0 Å². The zero-order valence-electron chi connectivity index (χ0n) is 18.2. The van der Waals surface area contributed by atoms with E-state index >= 15 is 0 Å². The third-order valence-electron chi connectivity index (χ3n) is 5.59. The Hall–Kier alpha value is -1.91. The molecule has 0 aliphatic carbocycles. The van der Waals surface area contributed by atoms with Crippen molar-refractivity contribution < 1.29 is 9.13 Å². The minimum atomic E-state index is -0.256. The van der Waals surface area contributed by atoms with Gasteiger partial charge in [-0.2, -0.15) is 0 Å². The third kappa shape index (κ3) is 7.13. The van der Waals surface area contributed by atoms with Crippen LogP contribution in [0.3, 0.4) is 0 Å². The van der Waals surface area contributed by atoms with Crippen molar-refractivity contribution in [2.45, 2.75) is 51.4 Å². The first-order valence-corrected chi connectivity index (χ1v) is 11.1. The monoisotopic (exact) mass is 400 g/mol. The lowest BCUT2D eigenvalue weighted by Gasteiger charge is -2.24. The molecule has 2 aromatic carbocycles. The van der Waals surface area contributed by atoms with Crippen LogP contribution < -0.4 is 15.4 Å². The highest BCUT2D eigenvalue weighted by molar-refractivity contribution is 5.38. The lowest BCUT2D eigenvalue weighted by molar-refractivity contribution is 0.368. The molecule has 2 saturated heterocycles. The minimum Gasteiger partial charge on any atom is -0.493 e. The predicted octanol–water partition coefficient (Wildman–Crippen LogP) is 5.48. The standard InChI is InChI=1S/C12H16FNO.C11H15N.C2H6/c1-15-12-10(3-2-4-11(12)13)9-5-7-14-8-6-9;1-2-4-10(5-3-1)11-6-8-12-9-7-11;1-2/h2-4,9,14H,5-8H2,1H3;1-5,11-12H,6-9H2;1-2H3. The summed E-state index contributed by atoms with van der Waals surface area (Å²) in [5.74, 6) is 1.39. The van der Waals surface area contributed by atoms with E-state index in [-0.39, 0.29) is 5.82 Å². The van der Waals surface area contributed by atoms with Gasteiger partial charge in [-0.05, 0) is 75.3 Å². The fraction of sp³-hybridized carbons (Fsp3) is 0.520. The highest BCUT2D eigenvalue weighted by Gasteiger charge is 2.20. The number of para-hydroxylation sites is 1. The van der Waals surface area contributed by atoms with Crippen LogP contribution in [0.2, 0.25) is 0 Å². The Bertz CT molecular complexity index is 680. The van der Waals surface area contributed by atoms with Crippen molar-refractivity contribution in [3.8, 4) is 5.75 Å². The van der Waals surface area contributed by atoms with Gasteiger partial charge < -0.3 is 15.4 Å². The second-order valence-electron chi connectivity index (χ2n) is 7.32. The molecule has 0 atom stereocenters. The van der Waals surface area contributed by atoms with Crippen molar-refractivity contribution in [2.24, 2.45) is 0 Å². The number of benzene rings is 2. The van der Waals surface area contributed by atoms with Gasteiger partial charge in [0, 0.05) is 5.56 Å². The lowest BCUT2D eigenvalue weighted by Crippen LogP contribution is -2.26. The predicted molar refractivity (Wildman–Crippen MR) is 120 cm³/mol. The Kier molecular flexibility index (Phi) is 10.7. The van der Waals surface area contributed by atoms with Crippen molar-refractivity contribution in [3.63, 3.8) is 0 Å². The summed E-state index contributed by atoms with van der Waals surface area (Å²) >= 11 is 0. The summed E-state index contributed by atoms with van der Waals surface area (Å²) in [4.78, 5) is 0. The summed E-state index contributed by atoms with van der Waals surface area (Å²) in [6.45, 7) is 8.37. The molecule has 3 nitrogen and oxygen atoms in total. The molecule has 2 fully saturated rings. The zero-order valence-corrected chi connectivity index (χ0v) is 18.2. The maximum Gasteiger partial charge on any atom is 0.165 e. The second kappa shape index (κ2) is 13.3. The molecule has 2 heterocycles. The maximum absolute atomic E-state index is 13.5. The summed E-state index contributed by atoms with van der Waals surface area (Å²) in [5, 5.41) is 6.69. The molecule has 0 aromatic heterocycles. The van der Waals surface area contributed by atoms with Crippen molar-refractivity contribution >= 4 is 0 Å². The van der Waals surface area contributed by atoms with Gasteiger partial charge in [0.2, 0.25) is 0 Å². The summed E-state index contributed by atoms with van der Waals surface area (Å²) in [6, 6.07) is 16.0. The highest BCUT2D eigenvalue weighted by Crippen LogP contribution is 2.34. The van der Waals surface area contributed by atoms with E-state index in [2.05, 4.69) is 41.0 Å². The van der Waals surface area contributed by atoms with Crippen LogP contribution in [0, 0.1) is 5.82 Å². The van der Waals surface area contributed by atoms with Crippen LogP contribution in [0.5, 0.6) is 5.75 Å². The first-order chi connectivity index (χ1) is 14.3. The van der Waals surface area contributed by atoms with Gasteiger partial charge in [0.1, 0.15) is 0 Å². The molecule has 2 aromatic rings. The number of hydrogen-bond acceptors (Lipinski definition) is 3. The first kappa shape index (κ1) is 23.4. The van der Waals surface area contributed by atoms with Crippen LogP contribution in [0.4, 0.5) is 4.39 Å². The van der Waals surface area contributed by atoms with Gasteiger partial charge in [0.05, 0.1) is 7.11 Å². The van der Waals surface area contributed by atoms with Crippen molar-refractivity contribution in [1.29, 1.82) is 0 Å². The van der Waals surface area contributed by atoms with Gasteiger partial charge in [-0.25, -0.2) is 4.39 Å². The fourth-order valence-electron chi connectivity index (χ4n) is 4.08. The minimum absolute atomic E-state index is 0.256. The molecule has 0 spiro atoms. The lowest BCUT2D eigenvalue weighted by atomic mass is 9.89. The molecule has 0 radical (unpaired) electrons. The third-order valence-corrected chi connectivity index (χ3v) is 5.59. The highest BCUT2D eigenvalue weighted by atomic mass is 19.1. The molecule has 0 unspecified atom stereocenters. The number of halogens is 1. The van der Waals surface area contributed by atoms with Crippen LogP contribution in [0.25, 0.3) is 0 Å². The second-order valence-corrected chi connectivity index (χ2v) is 7.32. The summed E-state index contributed by atoms with van der Waals surface area (Å²) in [5.41, 5.74) is 2.53. The van der Waals surface area contributed by atoms with Gasteiger partial charge in [0.25, 0.3) is 0 Å². The smallest absolute Gasteiger partial charge is 0.165 e. The molecule has 4 rings (SSSR count). The summed E-state index contributed by atoms with van der Waals surface area (Å²) < 4.78 is 18.6. The topological polar surface area (TPSA) is 33.3 Å². The normalized spacial score (nSPS) is 17.4. The number of piperidine rings is 2. The average molecular weight is 401 g/mol. The number of methoxy groups -OCH3 is 1. The van der Waals surface area contributed by atoms with Crippen molar-refractivity contribution in [3.05, 3.63) is 65.5 Å².